The lowest BCUT2D eigenvalue weighted by atomic mass is 10.0. The van der Waals surface area contributed by atoms with Crippen molar-refractivity contribution in [2.24, 2.45) is 0 Å². The number of para-hydroxylation sites is 1. The monoisotopic (exact) mass is 563 g/mol. The SMILES string of the molecule is C[C@]1(O)CCCN1CCCN1CCN(CCCN2CCC(OC(=O)Nc3ccccc3-c3ccccc3)CC2)C1=O. The summed E-state index contributed by atoms with van der Waals surface area (Å²) in [5, 5.41) is 13.3. The van der Waals surface area contributed by atoms with Gasteiger partial charge in [0.05, 0.1) is 5.69 Å². The first kappa shape index (κ1) is 29.4. The molecule has 3 aliphatic heterocycles. The highest BCUT2D eigenvalue weighted by atomic mass is 16.6. The minimum atomic E-state index is -0.692. The number of ether oxygens (including phenoxy) is 1. The second kappa shape index (κ2) is 13.7. The third-order valence-electron chi connectivity index (χ3n) is 8.76. The van der Waals surface area contributed by atoms with Crippen LogP contribution in [0.4, 0.5) is 15.3 Å². The Balaban J connectivity index is 0.968. The Morgan fingerprint density at radius 1 is 0.902 bits per heavy atom. The molecule has 1 atom stereocenters. The Labute approximate surface area is 244 Å². The van der Waals surface area contributed by atoms with E-state index in [1.54, 1.807) is 0 Å². The van der Waals surface area contributed by atoms with Crippen molar-refractivity contribution in [3.8, 4) is 11.1 Å². The van der Waals surface area contributed by atoms with E-state index in [0.717, 1.165) is 114 Å². The van der Waals surface area contributed by atoms with Crippen LogP contribution in [-0.4, -0.2) is 108 Å². The highest BCUT2D eigenvalue weighted by Gasteiger charge is 2.34. The number of rotatable bonds is 11. The van der Waals surface area contributed by atoms with E-state index in [4.69, 9.17) is 4.74 Å². The van der Waals surface area contributed by atoms with Crippen molar-refractivity contribution in [3.05, 3.63) is 54.6 Å². The Bertz CT molecular complexity index is 1150. The van der Waals surface area contributed by atoms with Crippen LogP contribution < -0.4 is 5.32 Å². The zero-order chi connectivity index (χ0) is 28.7. The van der Waals surface area contributed by atoms with Gasteiger partial charge < -0.3 is 24.5 Å². The minimum Gasteiger partial charge on any atom is -0.446 e. The molecular weight excluding hydrogens is 518 g/mol. The summed E-state index contributed by atoms with van der Waals surface area (Å²) in [5.74, 6) is 0. The van der Waals surface area contributed by atoms with Crippen molar-refractivity contribution in [1.29, 1.82) is 0 Å². The fourth-order valence-corrected chi connectivity index (χ4v) is 6.34. The van der Waals surface area contributed by atoms with Crippen molar-refractivity contribution in [3.63, 3.8) is 0 Å². The van der Waals surface area contributed by atoms with Crippen molar-refractivity contribution < 1.29 is 19.4 Å². The maximum absolute atomic E-state index is 12.8. The summed E-state index contributed by atoms with van der Waals surface area (Å²) in [6, 6.07) is 17.9. The fourth-order valence-electron chi connectivity index (χ4n) is 6.34. The van der Waals surface area contributed by atoms with Gasteiger partial charge in [-0.15, -0.1) is 0 Å². The molecule has 3 aliphatic rings. The maximum atomic E-state index is 12.8. The topological polar surface area (TPSA) is 88.6 Å². The number of nitrogens with zero attached hydrogens (tertiary/aromatic N) is 4. The Morgan fingerprint density at radius 3 is 2.24 bits per heavy atom. The second-order valence-electron chi connectivity index (χ2n) is 11.8. The lowest BCUT2D eigenvalue weighted by Crippen LogP contribution is -2.42. The van der Waals surface area contributed by atoms with Crippen molar-refractivity contribution in [2.45, 2.75) is 57.3 Å². The first-order valence-electron chi connectivity index (χ1n) is 15.2. The Morgan fingerprint density at radius 2 is 1.56 bits per heavy atom. The van der Waals surface area contributed by atoms with E-state index in [-0.39, 0.29) is 12.1 Å². The van der Waals surface area contributed by atoms with Gasteiger partial charge in [-0.3, -0.25) is 10.2 Å². The molecule has 41 heavy (non-hydrogen) atoms. The Hall–Kier alpha value is -3.14. The summed E-state index contributed by atoms with van der Waals surface area (Å²) < 4.78 is 5.77. The Kier molecular flexibility index (Phi) is 9.80. The molecule has 0 aromatic heterocycles. The number of anilines is 1. The molecule has 0 spiro atoms. The number of likely N-dealkylation sites (tertiary alicyclic amines) is 2. The summed E-state index contributed by atoms with van der Waals surface area (Å²) in [6.45, 7) is 9.48. The standard InChI is InChI=1S/C32H45N5O4/c1-32(40)16-7-20-37(32)21-9-19-36-25-24-35(31(36)39)18-8-17-34-22-14-27(15-23-34)41-30(38)33-29-13-6-5-12-28(29)26-10-3-2-4-11-26/h2-6,10-13,27,40H,7-9,14-25H2,1H3,(H,33,38)/t32-/m0/s1. The molecule has 0 unspecified atom stereocenters. The van der Waals surface area contributed by atoms with Gasteiger partial charge in [0.15, 0.2) is 0 Å². The highest BCUT2D eigenvalue weighted by Crippen LogP contribution is 2.28. The molecular formula is C32H45N5O4. The van der Waals surface area contributed by atoms with Gasteiger partial charge in [0.1, 0.15) is 11.8 Å². The summed E-state index contributed by atoms with van der Waals surface area (Å²) in [6.07, 6.45) is 4.83. The zero-order valence-corrected chi connectivity index (χ0v) is 24.3. The number of piperidine rings is 1. The number of aliphatic hydroxyl groups is 1. The first-order valence-corrected chi connectivity index (χ1v) is 15.2. The molecule has 3 fully saturated rings. The molecule has 0 saturated carbocycles. The molecule has 0 aliphatic carbocycles. The van der Waals surface area contributed by atoms with Gasteiger partial charge in [0, 0.05) is 57.9 Å². The molecule has 3 saturated heterocycles. The van der Waals surface area contributed by atoms with E-state index in [1.165, 1.54) is 0 Å². The fraction of sp³-hybridized carbons (Fsp3) is 0.562. The molecule has 3 amide bonds. The van der Waals surface area contributed by atoms with Crippen LogP contribution in [0.5, 0.6) is 0 Å². The number of urea groups is 1. The molecule has 2 N–H and O–H groups in total. The summed E-state index contributed by atoms with van der Waals surface area (Å²) in [7, 11) is 0. The minimum absolute atomic E-state index is 0.0897. The van der Waals surface area contributed by atoms with Crippen LogP contribution in [0.25, 0.3) is 11.1 Å². The van der Waals surface area contributed by atoms with Crippen molar-refractivity contribution in [1.82, 2.24) is 19.6 Å². The zero-order valence-electron chi connectivity index (χ0n) is 24.3. The third kappa shape index (κ3) is 7.78. The average molecular weight is 564 g/mol. The van der Waals surface area contributed by atoms with Gasteiger partial charge in [-0.25, -0.2) is 9.59 Å². The van der Waals surface area contributed by atoms with Crippen LogP contribution in [0.2, 0.25) is 0 Å². The van der Waals surface area contributed by atoms with E-state index in [1.807, 2.05) is 71.3 Å². The van der Waals surface area contributed by atoms with Gasteiger partial charge in [0.25, 0.3) is 0 Å². The number of hydrogen-bond donors (Lipinski definition) is 2. The predicted octanol–water partition coefficient (Wildman–Crippen LogP) is 4.69. The predicted molar refractivity (Wildman–Crippen MR) is 161 cm³/mol. The van der Waals surface area contributed by atoms with Gasteiger partial charge in [-0.1, -0.05) is 48.5 Å². The second-order valence-corrected chi connectivity index (χ2v) is 11.8. The molecule has 0 radical (unpaired) electrons. The molecule has 2 aromatic rings. The van der Waals surface area contributed by atoms with Crippen LogP contribution in [0.3, 0.4) is 0 Å². The van der Waals surface area contributed by atoms with E-state index >= 15 is 0 Å². The van der Waals surface area contributed by atoms with Crippen molar-refractivity contribution >= 4 is 17.8 Å². The van der Waals surface area contributed by atoms with E-state index in [0.29, 0.717) is 0 Å². The number of nitrogens with one attached hydrogen (secondary N) is 1. The molecule has 9 heteroatoms. The van der Waals surface area contributed by atoms with Crippen LogP contribution in [0, 0.1) is 0 Å². The van der Waals surface area contributed by atoms with Gasteiger partial charge in [0.2, 0.25) is 0 Å². The number of benzene rings is 2. The molecule has 9 nitrogen and oxygen atoms in total. The largest absolute Gasteiger partial charge is 0.446 e. The summed E-state index contributed by atoms with van der Waals surface area (Å²) in [5.41, 5.74) is 2.07. The smallest absolute Gasteiger partial charge is 0.411 e. The molecule has 3 heterocycles. The van der Waals surface area contributed by atoms with E-state index in [2.05, 4.69) is 15.1 Å². The van der Waals surface area contributed by atoms with Crippen LogP contribution in [0.1, 0.15) is 45.4 Å². The molecule has 0 bridgehead atoms. The number of carbonyl (C=O) groups excluding carboxylic acids is 2. The average Bonchev–Trinajstić information content (AvgIpc) is 3.50. The quantitative estimate of drug-likeness (QED) is 0.413. The lowest BCUT2D eigenvalue weighted by molar-refractivity contribution is -0.0645. The van der Waals surface area contributed by atoms with Gasteiger partial charge >= 0.3 is 12.1 Å². The number of carbonyl (C=O) groups is 2. The highest BCUT2D eigenvalue weighted by molar-refractivity contribution is 5.91. The summed E-state index contributed by atoms with van der Waals surface area (Å²) in [4.78, 5) is 34.0. The van der Waals surface area contributed by atoms with E-state index in [9.17, 15) is 14.7 Å². The molecule has 2 aromatic carbocycles. The summed E-state index contributed by atoms with van der Waals surface area (Å²) >= 11 is 0. The van der Waals surface area contributed by atoms with E-state index < -0.39 is 11.8 Å². The number of amides is 3. The van der Waals surface area contributed by atoms with Crippen LogP contribution in [-0.2, 0) is 4.74 Å². The lowest BCUT2D eigenvalue weighted by Gasteiger charge is -2.32. The first-order chi connectivity index (χ1) is 19.9. The number of hydrogen-bond acceptors (Lipinski definition) is 6. The van der Waals surface area contributed by atoms with Gasteiger partial charge in [-0.2, -0.15) is 0 Å². The van der Waals surface area contributed by atoms with Gasteiger partial charge in [-0.05, 0) is 63.6 Å². The van der Waals surface area contributed by atoms with Crippen molar-refractivity contribution in [2.75, 3.05) is 64.2 Å². The normalized spacial score (nSPS) is 22.4. The van der Waals surface area contributed by atoms with Crippen LogP contribution >= 0.6 is 0 Å². The molecule has 222 valence electrons. The third-order valence-corrected chi connectivity index (χ3v) is 8.76. The van der Waals surface area contributed by atoms with Crippen LogP contribution in [0.15, 0.2) is 54.6 Å². The molecule has 5 rings (SSSR count). The maximum Gasteiger partial charge on any atom is 0.411 e.